The third-order valence-electron chi connectivity index (χ3n) is 6.60. The highest BCUT2D eigenvalue weighted by molar-refractivity contribution is 6.30. The summed E-state index contributed by atoms with van der Waals surface area (Å²) >= 11 is 6.10. The highest BCUT2D eigenvalue weighted by Gasteiger charge is 2.30. The maximum absolute atomic E-state index is 13.1. The number of piperazine rings is 1. The number of amides is 2. The van der Waals surface area contributed by atoms with E-state index >= 15 is 0 Å². The van der Waals surface area contributed by atoms with Crippen LogP contribution in [0.25, 0.3) is 0 Å². The third kappa shape index (κ3) is 6.79. The van der Waals surface area contributed by atoms with Crippen LogP contribution in [0, 0.1) is 5.92 Å². The van der Waals surface area contributed by atoms with Crippen LogP contribution in [0.4, 0.5) is 5.69 Å². The molecule has 6 nitrogen and oxygen atoms in total. The summed E-state index contributed by atoms with van der Waals surface area (Å²) in [7, 11) is 0. The molecule has 0 atom stereocenters. The second-order valence-electron chi connectivity index (χ2n) is 9.16. The zero-order chi connectivity index (χ0) is 23.2. The Labute approximate surface area is 201 Å². The third-order valence-corrected chi connectivity index (χ3v) is 6.83. The van der Waals surface area contributed by atoms with Crippen molar-refractivity contribution in [2.45, 2.75) is 32.9 Å². The van der Waals surface area contributed by atoms with E-state index in [4.69, 9.17) is 11.6 Å². The van der Waals surface area contributed by atoms with E-state index < -0.39 is 0 Å². The van der Waals surface area contributed by atoms with Gasteiger partial charge in [-0.05, 0) is 61.3 Å². The van der Waals surface area contributed by atoms with Crippen molar-refractivity contribution in [2.75, 3.05) is 44.6 Å². The van der Waals surface area contributed by atoms with Crippen LogP contribution in [0.1, 0.15) is 30.9 Å². The number of likely N-dealkylation sites (tertiary alicyclic amines) is 1. The molecule has 2 aliphatic rings. The average Bonchev–Trinajstić information content (AvgIpc) is 2.81. The fourth-order valence-electron chi connectivity index (χ4n) is 4.77. The lowest BCUT2D eigenvalue weighted by Crippen LogP contribution is -2.51. The first-order valence-electron chi connectivity index (χ1n) is 11.8. The van der Waals surface area contributed by atoms with Crippen molar-refractivity contribution in [1.29, 1.82) is 0 Å². The van der Waals surface area contributed by atoms with Crippen LogP contribution >= 0.6 is 11.6 Å². The standard InChI is InChI=1S/C26H33ClN4O2/c1-20(32)28-25-7-5-21(6-8-25)18-29-11-9-23(10-12-29)26(33)31-15-13-30(14-16-31)19-22-3-2-4-24(27)17-22/h2-8,17,23H,9-16,18-19H2,1H3,(H,28,32). The lowest BCUT2D eigenvalue weighted by atomic mass is 9.94. The molecule has 4 rings (SSSR count). The van der Waals surface area contributed by atoms with Gasteiger partial charge in [-0.15, -0.1) is 0 Å². The minimum atomic E-state index is -0.0583. The Morgan fingerprint density at radius 3 is 2.15 bits per heavy atom. The number of anilines is 1. The van der Waals surface area contributed by atoms with Crippen molar-refractivity contribution in [3.8, 4) is 0 Å². The molecule has 1 N–H and O–H groups in total. The van der Waals surface area contributed by atoms with Gasteiger partial charge in [0.1, 0.15) is 0 Å². The maximum atomic E-state index is 13.1. The second kappa shape index (κ2) is 11.1. The lowest BCUT2D eigenvalue weighted by Gasteiger charge is -2.38. The van der Waals surface area contributed by atoms with Crippen molar-refractivity contribution < 1.29 is 9.59 Å². The lowest BCUT2D eigenvalue weighted by molar-refractivity contribution is -0.139. The van der Waals surface area contributed by atoms with Gasteiger partial charge in [-0.2, -0.15) is 0 Å². The van der Waals surface area contributed by atoms with Crippen LogP contribution in [-0.2, 0) is 22.7 Å². The first-order chi connectivity index (χ1) is 16.0. The highest BCUT2D eigenvalue weighted by Crippen LogP contribution is 2.23. The molecule has 7 heteroatoms. The molecule has 2 heterocycles. The average molecular weight is 469 g/mol. The molecule has 2 saturated heterocycles. The molecule has 0 aromatic heterocycles. The number of rotatable bonds is 6. The molecule has 0 aliphatic carbocycles. The summed E-state index contributed by atoms with van der Waals surface area (Å²) < 4.78 is 0. The van der Waals surface area contributed by atoms with Gasteiger partial charge in [-0.1, -0.05) is 35.9 Å². The first kappa shape index (κ1) is 23.7. The number of carbonyl (C=O) groups excluding carboxylic acids is 2. The summed E-state index contributed by atoms with van der Waals surface area (Å²) in [6.45, 7) is 8.59. The SMILES string of the molecule is CC(=O)Nc1ccc(CN2CCC(C(=O)N3CCN(Cc4cccc(Cl)c4)CC3)CC2)cc1. The summed E-state index contributed by atoms with van der Waals surface area (Å²) in [4.78, 5) is 31.1. The summed E-state index contributed by atoms with van der Waals surface area (Å²) in [5.41, 5.74) is 3.27. The Bertz CT molecular complexity index is 949. The van der Waals surface area contributed by atoms with Gasteiger partial charge < -0.3 is 10.2 Å². The zero-order valence-electron chi connectivity index (χ0n) is 19.3. The van der Waals surface area contributed by atoms with Crippen molar-refractivity contribution in [3.63, 3.8) is 0 Å². The number of carbonyl (C=O) groups is 2. The number of benzene rings is 2. The molecule has 2 aliphatic heterocycles. The van der Waals surface area contributed by atoms with E-state index in [1.807, 2.05) is 30.3 Å². The number of hydrogen-bond acceptors (Lipinski definition) is 4. The van der Waals surface area contributed by atoms with E-state index in [9.17, 15) is 9.59 Å². The van der Waals surface area contributed by atoms with Crippen LogP contribution in [0.5, 0.6) is 0 Å². The summed E-state index contributed by atoms with van der Waals surface area (Å²) in [6, 6.07) is 16.0. The smallest absolute Gasteiger partial charge is 0.225 e. The molecule has 0 radical (unpaired) electrons. The Kier molecular flexibility index (Phi) is 8.02. The first-order valence-corrected chi connectivity index (χ1v) is 12.2. The molecule has 0 unspecified atom stereocenters. The maximum Gasteiger partial charge on any atom is 0.225 e. The van der Waals surface area contributed by atoms with E-state index in [-0.39, 0.29) is 11.8 Å². The van der Waals surface area contributed by atoms with Crippen molar-refractivity contribution in [2.24, 2.45) is 5.92 Å². The molecule has 33 heavy (non-hydrogen) atoms. The van der Waals surface area contributed by atoms with Crippen LogP contribution in [0.15, 0.2) is 48.5 Å². The molecule has 0 saturated carbocycles. The monoisotopic (exact) mass is 468 g/mol. The molecule has 2 fully saturated rings. The summed E-state index contributed by atoms with van der Waals surface area (Å²) in [6.07, 6.45) is 1.84. The highest BCUT2D eigenvalue weighted by atomic mass is 35.5. The number of hydrogen-bond donors (Lipinski definition) is 1. The Morgan fingerprint density at radius 1 is 0.879 bits per heavy atom. The number of halogens is 1. The Morgan fingerprint density at radius 2 is 1.52 bits per heavy atom. The number of piperidine rings is 1. The van der Waals surface area contributed by atoms with Gasteiger partial charge in [0, 0.05) is 62.8 Å². The van der Waals surface area contributed by atoms with Gasteiger partial charge in [0.2, 0.25) is 11.8 Å². The van der Waals surface area contributed by atoms with Gasteiger partial charge in [0.25, 0.3) is 0 Å². The largest absolute Gasteiger partial charge is 0.340 e. The second-order valence-corrected chi connectivity index (χ2v) is 9.60. The minimum absolute atomic E-state index is 0.0583. The number of nitrogens with one attached hydrogen (secondary N) is 1. The molecular weight excluding hydrogens is 436 g/mol. The molecule has 2 aromatic carbocycles. The van der Waals surface area contributed by atoms with Crippen LogP contribution in [0.3, 0.4) is 0 Å². The van der Waals surface area contributed by atoms with Crippen molar-refractivity contribution >= 4 is 29.1 Å². The fourth-order valence-corrected chi connectivity index (χ4v) is 4.98. The van der Waals surface area contributed by atoms with E-state index in [1.54, 1.807) is 0 Å². The van der Waals surface area contributed by atoms with Crippen molar-refractivity contribution in [3.05, 3.63) is 64.7 Å². The topological polar surface area (TPSA) is 55.9 Å². The van der Waals surface area contributed by atoms with E-state index in [2.05, 4.69) is 38.2 Å². The van der Waals surface area contributed by atoms with Crippen LogP contribution < -0.4 is 5.32 Å². The van der Waals surface area contributed by atoms with Gasteiger partial charge >= 0.3 is 0 Å². The van der Waals surface area contributed by atoms with Crippen LogP contribution in [0.2, 0.25) is 5.02 Å². The Hall–Kier alpha value is -2.41. The van der Waals surface area contributed by atoms with Gasteiger partial charge in [0.15, 0.2) is 0 Å². The van der Waals surface area contributed by atoms with E-state index in [1.165, 1.54) is 18.1 Å². The quantitative estimate of drug-likeness (QED) is 0.699. The summed E-state index contributed by atoms with van der Waals surface area (Å²) in [5, 5.41) is 3.57. The van der Waals surface area contributed by atoms with E-state index in [0.29, 0.717) is 5.91 Å². The Balaban J connectivity index is 1.19. The molecule has 2 amide bonds. The number of nitrogens with zero attached hydrogens (tertiary/aromatic N) is 3. The fraction of sp³-hybridized carbons (Fsp3) is 0.462. The van der Waals surface area contributed by atoms with E-state index in [0.717, 1.165) is 75.9 Å². The predicted molar refractivity (Wildman–Crippen MR) is 132 cm³/mol. The van der Waals surface area contributed by atoms with Crippen molar-refractivity contribution in [1.82, 2.24) is 14.7 Å². The van der Waals surface area contributed by atoms with Crippen LogP contribution in [-0.4, -0.2) is 65.8 Å². The van der Waals surface area contributed by atoms with Gasteiger partial charge in [-0.3, -0.25) is 19.4 Å². The van der Waals surface area contributed by atoms with Gasteiger partial charge in [-0.25, -0.2) is 0 Å². The molecule has 2 aromatic rings. The minimum Gasteiger partial charge on any atom is -0.340 e. The predicted octanol–water partition coefficient (Wildman–Crippen LogP) is 3.85. The molecule has 0 bridgehead atoms. The van der Waals surface area contributed by atoms with Gasteiger partial charge in [0.05, 0.1) is 0 Å². The molecule has 176 valence electrons. The summed E-state index contributed by atoms with van der Waals surface area (Å²) in [5.74, 6) is 0.414. The zero-order valence-corrected chi connectivity index (χ0v) is 20.1. The molecular formula is C26H33ClN4O2. The molecule has 0 spiro atoms. The normalized spacial score (nSPS) is 18.3.